The summed E-state index contributed by atoms with van der Waals surface area (Å²) in [6, 6.07) is 0. The molecule has 1 atom stereocenters. The predicted octanol–water partition coefficient (Wildman–Crippen LogP) is -3.01. The van der Waals surface area contributed by atoms with Gasteiger partial charge in [0.15, 0.2) is 0 Å². The summed E-state index contributed by atoms with van der Waals surface area (Å²) in [4.78, 5) is 9.64. The van der Waals surface area contributed by atoms with Crippen molar-refractivity contribution in [1.29, 1.82) is 0 Å². The van der Waals surface area contributed by atoms with Crippen LogP contribution < -0.4 is 5.11 Å². The minimum atomic E-state index is -4.44. The molecular weight excluding hydrogens is 164 g/mol. The molecule has 0 aliphatic carbocycles. The third kappa shape index (κ3) is 4.24. The van der Waals surface area contributed by atoms with Crippen LogP contribution in [0, 0.1) is 0 Å². The van der Waals surface area contributed by atoms with Gasteiger partial charge in [0.05, 0.1) is 5.97 Å². The van der Waals surface area contributed by atoms with Gasteiger partial charge in [-0.15, -0.1) is 0 Å². The van der Waals surface area contributed by atoms with Crippen LogP contribution >= 0.6 is 0 Å². The summed E-state index contributed by atoms with van der Waals surface area (Å²) in [7, 11) is -4.44. The lowest BCUT2D eigenvalue weighted by Crippen LogP contribution is -2.39. The average molecular weight is 169 g/mol. The molecule has 0 heterocycles. The van der Waals surface area contributed by atoms with Crippen molar-refractivity contribution in [2.24, 2.45) is 0 Å². The molecule has 0 saturated heterocycles. The number of carbonyl (C=O) groups is 1. The lowest BCUT2D eigenvalue weighted by atomic mass is 10.4. The quantitative estimate of drug-likeness (QED) is 0.434. The topological polar surface area (TPSA) is 115 Å². The molecule has 0 aliphatic rings. The highest BCUT2D eigenvalue weighted by atomic mass is 32.2. The highest BCUT2D eigenvalue weighted by Gasteiger charge is 2.14. The summed E-state index contributed by atoms with van der Waals surface area (Å²) in [5.74, 6) is -3.17. The molecule has 7 heteroatoms. The highest BCUT2D eigenvalue weighted by Crippen LogP contribution is 1.87. The van der Waals surface area contributed by atoms with Crippen LogP contribution in [-0.2, 0) is 14.9 Å². The largest absolute Gasteiger partial charge is 0.547 e. The van der Waals surface area contributed by atoms with E-state index in [2.05, 4.69) is 0 Å². The molecular formula is C3H5O6S-. The van der Waals surface area contributed by atoms with E-state index in [1.54, 1.807) is 0 Å². The molecule has 0 bridgehead atoms. The second-order valence-corrected chi connectivity index (χ2v) is 3.08. The van der Waals surface area contributed by atoms with E-state index in [4.69, 9.17) is 9.66 Å². The van der Waals surface area contributed by atoms with Crippen LogP contribution in [0.2, 0.25) is 0 Å². The van der Waals surface area contributed by atoms with E-state index in [0.717, 1.165) is 0 Å². The molecule has 6 nitrogen and oxygen atoms in total. The first-order valence-corrected chi connectivity index (χ1v) is 3.78. The Kier molecular flexibility index (Phi) is 2.76. The maximum atomic E-state index is 9.85. The molecule has 0 amide bonds. The Balaban J connectivity index is 4.06. The Morgan fingerprint density at radius 3 is 2.10 bits per heavy atom. The molecule has 0 aromatic heterocycles. The first-order chi connectivity index (χ1) is 4.33. The maximum Gasteiger partial charge on any atom is 0.267 e. The molecule has 0 aromatic carbocycles. The molecule has 0 fully saturated rings. The standard InChI is InChI=1S/C3H6O6S/c4-2(3(5)6)1-10(7,8)9/h2,4H,1H2,(H,5,6)(H,7,8,9)/p-1. The molecule has 0 rings (SSSR count). The number of aliphatic hydroxyl groups is 1. The summed E-state index contributed by atoms with van der Waals surface area (Å²) < 4.78 is 27.7. The zero-order chi connectivity index (χ0) is 8.36. The molecule has 0 spiro atoms. The molecule has 2 N–H and O–H groups in total. The van der Waals surface area contributed by atoms with Crippen LogP contribution in [-0.4, -0.2) is 35.9 Å². The summed E-state index contributed by atoms with van der Waals surface area (Å²) in [5.41, 5.74) is 0. The van der Waals surface area contributed by atoms with Gasteiger partial charge in [-0.25, -0.2) is 0 Å². The van der Waals surface area contributed by atoms with Crippen molar-refractivity contribution in [2.45, 2.75) is 6.10 Å². The molecule has 1 unspecified atom stereocenters. The van der Waals surface area contributed by atoms with Crippen molar-refractivity contribution in [3.05, 3.63) is 0 Å². The van der Waals surface area contributed by atoms with Crippen LogP contribution in [0.5, 0.6) is 0 Å². The van der Waals surface area contributed by atoms with Gasteiger partial charge in [-0.1, -0.05) is 0 Å². The van der Waals surface area contributed by atoms with Gasteiger partial charge >= 0.3 is 0 Å². The zero-order valence-electron chi connectivity index (χ0n) is 4.72. The van der Waals surface area contributed by atoms with E-state index in [9.17, 15) is 18.3 Å². The van der Waals surface area contributed by atoms with Gasteiger partial charge < -0.3 is 15.0 Å². The van der Waals surface area contributed by atoms with Crippen molar-refractivity contribution in [3.63, 3.8) is 0 Å². The van der Waals surface area contributed by atoms with Crippen LogP contribution in [0.4, 0.5) is 0 Å². The number of carbonyl (C=O) groups excluding carboxylic acids is 1. The number of rotatable bonds is 3. The van der Waals surface area contributed by atoms with Gasteiger partial charge in [0, 0.05) is 0 Å². The Morgan fingerprint density at radius 2 is 2.00 bits per heavy atom. The smallest absolute Gasteiger partial charge is 0.267 e. The Labute approximate surface area is 56.8 Å². The first-order valence-electron chi connectivity index (χ1n) is 2.17. The van der Waals surface area contributed by atoms with Gasteiger partial charge in [0.1, 0.15) is 11.9 Å². The second-order valence-electron chi connectivity index (χ2n) is 1.58. The number of carboxylic acid groups (broad SMARTS) is 1. The summed E-state index contributed by atoms with van der Waals surface area (Å²) in [6.45, 7) is 0. The molecule has 10 heavy (non-hydrogen) atoms. The molecule has 60 valence electrons. The fourth-order valence-electron chi connectivity index (χ4n) is 0.268. The van der Waals surface area contributed by atoms with Crippen molar-refractivity contribution in [2.75, 3.05) is 5.75 Å². The highest BCUT2D eigenvalue weighted by molar-refractivity contribution is 7.85. The van der Waals surface area contributed by atoms with E-state index < -0.39 is 27.9 Å². The lowest BCUT2D eigenvalue weighted by molar-refractivity contribution is -0.313. The third-order valence-corrected chi connectivity index (χ3v) is 1.38. The fourth-order valence-corrected chi connectivity index (χ4v) is 0.803. The summed E-state index contributed by atoms with van der Waals surface area (Å²) in [6.07, 6.45) is -2.17. The Morgan fingerprint density at radius 1 is 1.60 bits per heavy atom. The number of aliphatic hydroxyl groups excluding tert-OH is 1. The summed E-state index contributed by atoms with van der Waals surface area (Å²) >= 11 is 0. The van der Waals surface area contributed by atoms with Crippen LogP contribution in [0.3, 0.4) is 0 Å². The summed E-state index contributed by atoms with van der Waals surface area (Å²) in [5, 5.41) is 17.9. The van der Waals surface area contributed by atoms with E-state index in [1.165, 1.54) is 0 Å². The van der Waals surface area contributed by atoms with E-state index >= 15 is 0 Å². The number of carboxylic acids is 1. The zero-order valence-corrected chi connectivity index (χ0v) is 5.54. The lowest BCUT2D eigenvalue weighted by Gasteiger charge is -2.07. The van der Waals surface area contributed by atoms with Crippen molar-refractivity contribution in [1.82, 2.24) is 0 Å². The van der Waals surface area contributed by atoms with Crippen molar-refractivity contribution < 1.29 is 28.0 Å². The third-order valence-electron chi connectivity index (χ3n) is 0.641. The fraction of sp³-hybridized carbons (Fsp3) is 0.667. The van der Waals surface area contributed by atoms with Crippen molar-refractivity contribution >= 4 is 16.1 Å². The van der Waals surface area contributed by atoms with E-state index in [0.29, 0.717) is 0 Å². The minimum absolute atomic E-state index is 1.24. The van der Waals surface area contributed by atoms with Gasteiger partial charge in [-0.3, -0.25) is 4.55 Å². The van der Waals surface area contributed by atoms with Gasteiger partial charge in [0.25, 0.3) is 10.1 Å². The minimum Gasteiger partial charge on any atom is -0.547 e. The molecule has 0 radical (unpaired) electrons. The van der Waals surface area contributed by atoms with Crippen molar-refractivity contribution in [3.8, 4) is 0 Å². The predicted molar refractivity (Wildman–Crippen MR) is 27.4 cm³/mol. The van der Waals surface area contributed by atoms with E-state index in [-0.39, 0.29) is 0 Å². The normalized spacial score (nSPS) is 14.6. The number of hydrogen-bond donors (Lipinski definition) is 2. The van der Waals surface area contributed by atoms with Crippen LogP contribution in [0.15, 0.2) is 0 Å². The van der Waals surface area contributed by atoms with Gasteiger partial charge in [0.2, 0.25) is 0 Å². The SMILES string of the molecule is O=C([O-])C(O)CS(=O)(=O)O. The van der Waals surface area contributed by atoms with Crippen LogP contribution in [0.1, 0.15) is 0 Å². The maximum absolute atomic E-state index is 9.85. The van der Waals surface area contributed by atoms with Crippen LogP contribution in [0.25, 0.3) is 0 Å². The Hall–Kier alpha value is -0.660. The molecule has 0 aliphatic heterocycles. The molecule has 0 saturated carbocycles. The second kappa shape index (κ2) is 2.95. The van der Waals surface area contributed by atoms with Gasteiger partial charge in [-0.05, 0) is 0 Å². The number of hydrogen-bond acceptors (Lipinski definition) is 5. The Bertz CT molecular complexity index is 215. The first kappa shape index (κ1) is 9.34. The number of aliphatic carboxylic acids is 1. The van der Waals surface area contributed by atoms with E-state index in [1.807, 2.05) is 0 Å². The molecule has 0 aromatic rings. The monoisotopic (exact) mass is 169 g/mol. The average Bonchev–Trinajstić information content (AvgIpc) is 1.60. The van der Waals surface area contributed by atoms with Gasteiger partial charge in [-0.2, -0.15) is 8.42 Å².